The van der Waals surface area contributed by atoms with Gasteiger partial charge >= 0.3 is 5.97 Å². The topological polar surface area (TPSA) is 78.5 Å². The summed E-state index contributed by atoms with van der Waals surface area (Å²) in [7, 11) is 1.38. The number of methoxy groups -OCH3 is 1. The monoisotopic (exact) mass is 286 g/mol. The van der Waals surface area contributed by atoms with E-state index >= 15 is 0 Å². The molecule has 0 atom stereocenters. The van der Waals surface area contributed by atoms with Crippen LogP contribution in [-0.2, 0) is 9.53 Å². The average molecular weight is 287 g/mol. The lowest BCUT2D eigenvalue weighted by molar-refractivity contribution is -0.142. The molecule has 1 aliphatic rings. The molecule has 0 aliphatic carbocycles. The van der Waals surface area contributed by atoms with E-state index in [0.717, 1.165) is 0 Å². The molecule has 1 saturated heterocycles. The molecule has 0 saturated carbocycles. The van der Waals surface area contributed by atoms with Gasteiger partial charge in [-0.1, -0.05) is 11.6 Å². The molecule has 1 N–H and O–H groups in total. The number of nitrogens with one attached hydrogen (secondary N) is 1. The average Bonchev–Trinajstić information content (AvgIpc) is 2.43. The lowest BCUT2D eigenvalue weighted by Gasteiger charge is -2.35. The third kappa shape index (κ3) is 3.24. The molecule has 0 spiro atoms. The summed E-state index contributed by atoms with van der Waals surface area (Å²) in [6, 6.07) is 0. The van der Waals surface area contributed by atoms with Crippen LogP contribution < -0.4 is 10.5 Å². The van der Waals surface area contributed by atoms with E-state index in [4.69, 9.17) is 11.6 Å². The molecule has 2 rings (SSSR count). The highest BCUT2D eigenvalue weighted by Crippen LogP contribution is 2.21. The smallest absolute Gasteiger partial charge is 0.319 e. The summed E-state index contributed by atoms with van der Waals surface area (Å²) < 4.78 is 4.63. The van der Waals surface area contributed by atoms with Crippen molar-refractivity contribution in [1.82, 2.24) is 15.1 Å². The number of piperazine rings is 1. The van der Waals surface area contributed by atoms with Gasteiger partial charge in [-0.3, -0.25) is 14.5 Å². The summed E-state index contributed by atoms with van der Waals surface area (Å²) in [5.41, 5.74) is 0.235. The molecule has 7 nitrogen and oxygen atoms in total. The minimum atomic E-state index is -0.392. The van der Waals surface area contributed by atoms with E-state index in [9.17, 15) is 9.59 Å². The lowest BCUT2D eigenvalue weighted by atomic mass is 10.3. The fourth-order valence-electron chi connectivity index (χ4n) is 1.99. The van der Waals surface area contributed by atoms with Gasteiger partial charge in [-0.15, -0.1) is 0 Å². The van der Waals surface area contributed by atoms with Crippen molar-refractivity contribution < 1.29 is 9.53 Å². The number of anilines is 1. The summed E-state index contributed by atoms with van der Waals surface area (Å²) >= 11 is 5.96. The number of H-pyrrole nitrogens is 1. The molecule has 0 bridgehead atoms. The predicted molar refractivity (Wildman–Crippen MR) is 70.5 cm³/mol. The van der Waals surface area contributed by atoms with Crippen molar-refractivity contribution in [1.29, 1.82) is 0 Å². The Bertz CT molecular complexity index is 511. The Morgan fingerprint density at radius 3 is 2.79 bits per heavy atom. The zero-order valence-electron chi connectivity index (χ0n) is 10.6. The zero-order valence-corrected chi connectivity index (χ0v) is 11.3. The maximum atomic E-state index is 11.4. The molecule has 0 amide bonds. The molecule has 8 heteroatoms. The van der Waals surface area contributed by atoms with Crippen molar-refractivity contribution >= 4 is 23.3 Å². The van der Waals surface area contributed by atoms with Gasteiger partial charge < -0.3 is 9.64 Å². The number of aromatic nitrogens is 2. The Kier molecular flexibility index (Phi) is 4.39. The van der Waals surface area contributed by atoms with Gasteiger partial charge in [-0.05, 0) is 0 Å². The number of aromatic amines is 1. The maximum absolute atomic E-state index is 11.4. The van der Waals surface area contributed by atoms with Crippen LogP contribution in [0.2, 0.25) is 5.02 Å². The second-order valence-electron chi connectivity index (χ2n) is 4.24. The Morgan fingerprint density at radius 1 is 1.47 bits per heavy atom. The second-order valence-corrected chi connectivity index (χ2v) is 4.62. The van der Waals surface area contributed by atoms with Crippen LogP contribution >= 0.6 is 11.6 Å². The number of halogens is 1. The van der Waals surface area contributed by atoms with Crippen LogP contribution in [0.3, 0.4) is 0 Å². The molecular weight excluding hydrogens is 272 g/mol. The van der Waals surface area contributed by atoms with E-state index in [1.165, 1.54) is 7.11 Å². The fraction of sp³-hybridized carbons (Fsp3) is 0.545. The highest BCUT2D eigenvalue weighted by Gasteiger charge is 2.21. The third-order valence-electron chi connectivity index (χ3n) is 3.07. The van der Waals surface area contributed by atoms with Crippen LogP contribution in [0.15, 0.2) is 11.0 Å². The van der Waals surface area contributed by atoms with Gasteiger partial charge in [0.05, 0.1) is 25.5 Å². The first-order chi connectivity index (χ1) is 9.11. The van der Waals surface area contributed by atoms with Gasteiger partial charge in [0.15, 0.2) is 0 Å². The first-order valence-electron chi connectivity index (χ1n) is 5.89. The van der Waals surface area contributed by atoms with Gasteiger partial charge in [-0.2, -0.15) is 5.10 Å². The minimum absolute atomic E-state index is 0.149. The molecule has 1 aliphatic heterocycles. The largest absolute Gasteiger partial charge is 0.468 e. The van der Waals surface area contributed by atoms with Crippen molar-refractivity contribution in [2.45, 2.75) is 0 Å². The van der Waals surface area contributed by atoms with Crippen molar-refractivity contribution in [2.24, 2.45) is 0 Å². The summed E-state index contributed by atoms with van der Waals surface area (Å²) in [4.78, 5) is 26.5. The molecule has 104 valence electrons. The van der Waals surface area contributed by atoms with Gasteiger partial charge in [0.1, 0.15) is 5.02 Å². The number of carbonyl (C=O) groups is 1. The maximum Gasteiger partial charge on any atom is 0.319 e. The van der Waals surface area contributed by atoms with E-state index in [1.807, 2.05) is 9.80 Å². The number of esters is 1. The van der Waals surface area contributed by atoms with Gasteiger partial charge in [0.2, 0.25) is 0 Å². The van der Waals surface area contributed by atoms with E-state index in [0.29, 0.717) is 31.9 Å². The van der Waals surface area contributed by atoms with Crippen molar-refractivity contribution in [3.63, 3.8) is 0 Å². The van der Waals surface area contributed by atoms with Crippen LogP contribution in [0.5, 0.6) is 0 Å². The fourth-order valence-corrected chi connectivity index (χ4v) is 2.20. The molecule has 0 unspecified atom stereocenters. The molecular formula is C11H15ClN4O3. The summed E-state index contributed by atoms with van der Waals surface area (Å²) in [6.07, 6.45) is 1.54. The summed E-state index contributed by atoms with van der Waals surface area (Å²) in [6.45, 7) is 3.06. The molecule has 0 aromatic carbocycles. The van der Waals surface area contributed by atoms with Crippen molar-refractivity contribution in [3.05, 3.63) is 21.6 Å². The van der Waals surface area contributed by atoms with Crippen LogP contribution in [0.4, 0.5) is 5.69 Å². The van der Waals surface area contributed by atoms with E-state index in [-0.39, 0.29) is 17.5 Å². The summed E-state index contributed by atoms with van der Waals surface area (Å²) in [5, 5.41) is 6.18. The van der Waals surface area contributed by atoms with Gasteiger partial charge in [0, 0.05) is 26.2 Å². The Labute approximate surface area is 115 Å². The number of hydrogen-bond donors (Lipinski definition) is 1. The number of rotatable bonds is 3. The van der Waals surface area contributed by atoms with E-state index in [1.54, 1.807) is 6.20 Å². The number of carbonyl (C=O) groups excluding carboxylic acids is 1. The van der Waals surface area contributed by atoms with Gasteiger partial charge in [0.25, 0.3) is 5.56 Å². The molecule has 1 fully saturated rings. The zero-order chi connectivity index (χ0) is 13.8. The number of hydrogen-bond acceptors (Lipinski definition) is 6. The lowest BCUT2D eigenvalue weighted by Crippen LogP contribution is -2.48. The number of ether oxygens (including phenoxy) is 1. The van der Waals surface area contributed by atoms with Crippen LogP contribution in [0, 0.1) is 0 Å². The molecule has 1 aromatic rings. The minimum Gasteiger partial charge on any atom is -0.468 e. The first kappa shape index (κ1) is 13.8. The second kappa shape index (κ2) is 6.03. The van der Waals surface area contributed by atoms with E-state index in [2.05, 4.69) is 14.9 Å². The van der Waals surface area contributed by atoms with Crippen LogP contribution in [0.25, 0.3) is 0 Å². The van der Waals surface area contributed by atoms with Crippen molar-refractivity contribution in [2.75, 3.05) is 44.7 Å². The van der Waals surface area contributed by atoms with E-state index < -0.39 is 5.56 Å². The first-order valence-corrected chi connectivity index (χ1v) is 6.27. The molecule has 19 heavy (non-hydrogen) atoms. The quantitative estimate of drug-likeness (QED) is 0.770. The SMILES string of the molecule is COC(=O)CN1CCN(c2cn[nH]c(=O)c2Cl)CC1. The molecule has 2 heterocycles. The third-order valence-corrected chi connectivity index (χ3v) is 3.44. The predicted octanol–water partition coefficient (Wildman–Crippen LogP) is -0.282. The molecule has 0 radical (unpaired) electrons. The Morgan fingerprint density at radius 2 is 2.16 bits per heavy atom. The molecule has 1 aromatic heterocycles. The Balaban J connectivity index is 1.98. The highest BCUT2D eigenvalue weighted by atomic mass is 35.5. The van der Waals surface area contributed by atoms with Crippen LogP contribution in [0.1, 0.15) is 0 Å². The van der Waals surface area contributed by atoms with Gasteiger partial charge in [-0.25, -0.2) is 5.10 Å². The summed E-state index contributed by atoms with van der Waals surface area (Å²) in [5.74, 6) is -0.246. The Hall–Kier alpha value is -1.60. The number of nitrogens with zero attached hydrogens (tertiary/aromatic N) is 3. The standard InChI is InChI=1S/C11H15ClN4O3/c1-19-9(17)7-15-2-4-16(5-3-15)8-6-13-14-11(18)10(8)12/h6H,2-5,7H2,1H3,(H,14,18). The van der Waals surface area contributed by atoms with Crippen LogP contribution in [-0.4, -0.2) is 60.9 Å². The normalized spacial score (nSPS) is 16.4. The highest BCUT2D eigenvalue weighted by molar-refractivity contribution is 6.32. The van der Waals surface area contributed by atoms with Crippen molar-refractivity contribution in [3.8, 4) is 0 Å².